The number of hydrogen-bond acceptors (Lipinski definition) is 3. The van der Waals surface area contributed by atoms with Crippen molar-refractivity contribution in [2.75, 3.05) is 11.9 Å². The summed E-state index contributed by atoms with van der Waals surface area (Å²) in [6.07, 6.45) is 1.75. The van der Waals surface area contributed by atoms with Gasteiger partial charge in [0.15, 0.2) is 0 Å². The van der Waals surface area contributed by atoms with Gasteiger partial charge in [-0.3, -0.25) is 4.79 Å². The average molecular weight is 247 g/mol. The molecule has 94 valence electrons. The molecule has 1 unspecified atom stereocenters. The van der Waals surface area contributed by atoms with Crippen LogP contribution in [-0.2, 0) is 4.79 Å². The van der Waals surface area contributed by atoms with E-state index >= 15 is 0 Å². The van der Waals surface area contributed by atoms with Gasteiger partial charge in [0.25, 0.3) is 0 Å². The Morgan fingerprint density at radius 2 is 2.39 bits per heavy atom. The van der Waals surface area contributed by atoms with E-state index in [9.17, 15) is 9.18 Å². The lowest BCUT2D eigenvalue weighted by molar-refractivity contribution is -0.117. The van der Waals surface area contributed by atoms with Crippen LogP contribution in [0.5, 0.6) is 0 Å². The molecule has 0 spiro atoms. The van der Waals surface area contributed by atoms with E-state index < -0.39 is 5.82 Å². The third-order valence-corrected chi connectivity index (χ3v) is 3.11. The molecule has 0 aromatic heterocycles. The van der Waals surface area contributed by atoms with Crippen molar-refractivity contribution in [1.82, 2.24) is 5.32 Å². The third-order valence-electron chi connectivity index (χ3n) is 3.11. The van der Waals surface area contributed by atoms with E-state index in [-0.39, 0.29) is 17.5 Å². The smallest absolute Gasteiger partial charge is 0.241 e. The van der Waals surface area contributed by atoms with Gasteiger partial charge in [-0.15, -0.1) is 0 Å². The van der Waals surface area contributed by atoms with Crippen molar-refractivity contribution >= 4 is 11.6 Å². The fraction of sp³-hybridized carbons (Fsp3) is 0.385. The number of carbonyl (C=O) groups excluding carboxylic acids is 1. The number of carbonyl (C=O) groups is 1. The minimum Gasteiger partial charge on any atom is -0.324 e. The van der Waals surface area contributed by atoms with E-state index in [1.54, 1.807) is 6.92 Å². The van der Waals surface area contributed by atoms with Crippen LogP contribution < -0.4 is 10.6 Å². The second-order valence-electron chi connectivity index (χ2n) is 4.38. The summed E-state index contributed by atoms with van der Waals surface area (Å²) in [6.45, 7) is 2.40. The number of hydrogen-bond donors (Lipinski definition) is 2. The van der Waals surface area contributed by atoms with Gasteiger partial charge in [-0.2, -0.15) is 5.26 Å². The van der Waals surface area contributed by atoms with Crippen LogP contribution >= 0.6 is 0 Å². The average Bonchev–Trinajstić information content (AvgIpc) is 2.88. The highest BCUT2D eigenvalue weighted by Gasteiger charge is 2.22. The van der Waals surface area contributed by atoms with Crippen LogP contribution in [0.15, 0.2) is 12.1 Å². The first kappa shape index (κ1) is 12.5. The molecule has 0 saturated carbocycles. The maximum atomic E-state index is 13.5. The predicted octanol–water partition coefficient (Wildman–Crippen LogP) is 1.70. The summed E-state index contributed by atoms with van der Waals surface area (Å²) >= 11 is 0. The normalized spacial score (nSPS) is 18.4. The number of nitrogens with one attached hydrogen (secondary N) is 2. The predicted molar refractivity (Wildman–Crippen MR) is 65.5 cm³/mol. The Hall–Kier alpha value is -1.93. The number of amides is 1. The highest BCUT2D eigenvalue weighted by molar-refractivity contribution is 5.95. The summed E-state index contributed by atoms with van der Waals surface area (Å²) in [7, 11) is 0. The zero-order chi connectivity index (χ0) is 13.1. The molecule has 1 aromatic rings. The first-order chi connectivity index (χ1) is 8.61. The van der Waals surface area contributed by atoms with Crippen molar-refractivity contribution in [1.29, 1.82) is 5.26 Å². The number of halogens is 1. The molecule has 18 heavy (non-hydrogen) atoms. The van der Waals surface area contributed by atoms with Crippen molar-refractivity contribution in [3.8, 4) is 6.07 Å². The number of nitrogens with zero attached hydrogens (tertiary/aromatic N) is 1. The number of rotatable bonds is 2. The number of benzene rings is 1. The molecule has 1 aliphatic heterocycles. The largest absolute Gasteiger partial charge is 0.324 e. The molecule has 5 heteroatoms. The van der Waals surface area contributed by atoms with Crippen LogP contribution in [0.1, 0.15) is 24.0 Å². The van der Waals surface area contributed by atoms with Gasteiger partial charge in [0.2, 0.25) is 5.91 Å². The second-order valence-corrected chi connectivity index (χ2v) is 4.38. The summed E-state index contributed by atoms with van der Waals surface area (Å²) in [5.41, 5.74) is 0.915. The van der Waals surface area contributed by atoms with Crippen LogP contribution in [0.2, 0.25) is 0 Å². The quantitative estimate of drug-likeness (QED) is 0.836. The van der Waals surface area contributed by atoms with Crippen molar-refractivity contribution < 1.29 is 9.18 Å². The molecular formula is C13H14FN3O. The SMILES string of the molecule is Cc1c(F)cc(C#N)cc1NC(=O)C1CCCN1. The van der Waals surface area contributed by atoms with Crippen molar-refractivity contribution in [2.45, 2.75) is 25.8 Å². The highest BCUT2D eigenvalue weighted by Crippen LogP contribution is 2.21. The van der Waals surface area contributed by atoms with Crippen molar-refractivity contribution in [3.05, 3.63) is 29.1 Å². The molecule has 1 atom stereocenters. The number of anilines is 1. The first-order valence-electron chi connectivity index (χ1n) is 5.86. The standard InChI is InChI=1S/C13H14FN3O/c1-8-10(14)5-9(7-15)6-12(8)17-13(18)11-3-2-4-16-11/h5-6,11,16H,2-4H2,1H3,(H,17,18). The Labute approximate surface area is 105 Å². The molecule has 0 radical (unpaired) electrons. The fourth-order valence-electron chi connectivity index (χ4n) is 2.00. The maximum absolute atomic E-state index is 13.5. The molecule has 1 heterocycles. The molecule has 2 N–H and O–H groups in total. The van der Waals surface area contributed by atoms with Gasteiger partial charge in [0.05, 0.1) is 17.7 Å². The van der Waals surface area contributed by atoms with Crippen LogP contribution in [0.25, 0.3) is 0 Å². The minimum atomic E-state index is -0.483. The Kier molecular flexibility index (Phi) is 3.58. The lowest BCUT2D eigenvalue weighted by Gasteiger charge is -2.13. The Bertz CT molecular complexity index is 516. The molecule has 4 nitrogen and oxygen atoms in total. The van der Waals surface area contributed by atoms with Gasteiger partial charge in [0, 0.05) is 11.3 Å². The molecule has 0 bridgehead atoms. The molecule has 2 rings (SSSR count). The van der Waals surface area contributed by atoms with Crippen LogP contribution in [0.4, 0.5) is 10.1 Å². The summed E-state index contributed by atoms with van der Waals surface area (Å²) in [5.74, 6) is -0.658. The maximum Gasteiger partial charge on any atom is 0.241 e. The zero-order valence-corrected chi connectivity index (χ0v) is 10.1. The van der Waals surface area contributed by atoms with Gasteiger partial charge in [-0.05, 0) is 38.4 Å². The lowest BCUT2D eigenvalue weighted by Crippen LogP contribution is -2.35. The summed E-state index contributed by atoms with van der Waals surface area (Å²) in [5, 5.41) is 14.5. The van der Waals surface area contributed by atoms with Crippen LogP contribution in [-0.4, -0.2) is 18.5 Å². The molecular weight excluding hydrogens is 233 g/mol. The van der Waals surface area contributed by atoms with Crippen molar-refractivity contribution in [2.24, 2.45) is 0 Å². The first-order valence-corrected chi connectivity index (χ1v) is 5.86. The number of nitriles is 1. The fourth-order valence-corrected chi connectivity index (χ4v) is 2.00. The Balaban J connectivity index is 2.20. The van der Waals surface area contributed by atoms with Gasteiger partial charge < -0.3 is 10.6 Å². The van der Waals surface area contributed by atoms with Gasteiger partial charge in [-0.25, -0.2) is 4.39 Å². The highest BCUT2D eigenvalue weighted by atomic mass is 19.1. The Morgan fingerprint density at radius 3 is 3.00 bits per heavy atom. The summed E-state index contributed by atoms with van der Waals surface area (Å²) < 4.78 is 13.5. The van der Waals surface area contributed by atoms with Crippen LogP contribution in [0, 0.1) is 24.1 Å². The molecule has 1 saturated heterocycles. The minimum absolute atomic E-state index is 0.176. The van der Waals surface area contributed by atoms with Gasteiger partial charge >= 0.3 is 0 Å². The van der Waals surface area contributed by atoms with Gasteiger partial charge in [-0.1, -0.05) is 0 Å². The lowest BCUT2D eigenvalue weighted by atomic mass is 10.1. The monoisotopic (exact) mass is 247 g/mol. The van der Waals surface area contributed by atoms with E-state index in [1.807, 2.05) is 6.07 Å². The van der Waals surface area contributed by atoms with Crippen molar-refractivity contribution in [3.63, 3.8) is 0 Å². The molecule has 1 amide bonds. The second kappa shape index (κ2) is 5.15. The molecule has 1 aliphatic rings. The van der Waals surface area contributed by atoms with Crippen LogP contribution in [0.3, 0.4) is 0 Å². The molecule has 0 aliphatic carbocycles. The molecule has 1 aromatic carbocycles. The van der Waals surface area contributed by atoms with E-state index in [0.29, 0.717) is 11.3 Å². The van der Waals surface area contributed by atoms with E-state index in [4.69, 9.17) is 5.26 Å². The topological polar surface area (TPSA) is 64.9 Å². The van der Waals surface area contributed by atoms with E-state index in [1.165, 1.54) is 12.1 Å². The third kappa shape index (κ3) is 2.49. The Morgan fingerprint density at radius 1 is 1.61 bits per heavy atom. The summed E-state index contributed by atoms with van der Waals surface area (Å²) in [4.78, 5) is 11.9. The molecule has 1 fully saturated rings. The summed E-state index contributed by atoms with van der Waals surface area (Å²) in [6, 6.07) is 4.30. The van der Waals surface area contributed by atoms with E-state index in [2.05, 4.69) is 10.6 Å². The zero-order valence-electron chi connectivity index (χ0n) is 10.1. The van der Waals surface area contributed by atoms with E-state index in [0.717, 1.165) is 19.4 Å². The van der Waals surface area contributed by atoms with Gasteiger partial charge in [0.1, 0.15) is 5.82 Å².